The van der Waals surface area contributed by atoms with Gasteiger partial charge in [-0.15, -0.1) is 0 Å². The van der Waals surface area contributed by atoms with Gasteiger partial charge in [0.15, 0.2) is 0 Å². The van der Waals surface area contributed by atoms with E-state index >= 15 is 0 Å². The second-order valence-corrected chi connectivity index (χ2v) is 6.41. The standard InChI is InChI=1S/C18H26O3/c1-13(2)16(19)21-17(4,5)14(3)20-18(6,7)15-11-9-8-10-12-15/h8-12,14H,1H2,2-7H3. The van der Waals surface area contributed by atoms with Gasteiger partial charge in [0.25, 0.3) is 0 Å². The van der Waals surface area contributed by atoms with Crippen LogP contribution >= 0.6 is 0 Å². The van der Waals surface area contributed by atoms with Gasteiger partial charge >= 0.3 is 5.97 Å². The summed E-state index contributed by atoms with van der Waals surface area (Å²) in [7, 11) is 0. The molecule has 0 bridgehead atoms. The molecule has 0 aromatic heterocycles. The van der Waals surface area contributed by atoms with Crippen molar-refractivity contribution in [2.75, 3.05) is 0 Å². The third-order valence-corrected chi connectivity index (χ3v) is 3.62. The number of esters is 1. The Morgan fingerprint density at radius 3 is 2.14 bits per heavy atom. The molecule has 3 heteroatoms. The first-order valence-electron chi connectivity index (χ1n) is 7.18. The van der Waals surface area contributed by atoms with Crippen LogP contribution in [0.1, 0.15) is 47.1 Å². The Kier molecular flexibility index (Phi) is 5.35. The first-order valence-corrected chi connectivity index (χ1v) is 7.18. The molecule has 0 radical (unpaired) electrons. The van der Waals surface area contributed by atoms with Crippen LogP contribution < -0.4 is 0 Å². The molecule has 0 heterocycles. The fourth-order valence-electron chi connectivity index (χ4n) is 1.90. The molecule has 1 unspecified atom stereocenters. The molecule has 1 aromatic rings. The molecule has 0 saturated carbocycles. The second kappa shape index (κ2) is 6.44. The number of rotatable bonds is 6. The van der Waals surface area contributed by atoms with E-state index < -0.39 is 17.2 Å². The van der Waals surface area contributed by atoms with Gasteiger partial charge in [-0.1, -0.05) is 36.9 Å². The summed E-state index contributed by atoms with van der Waals surface area (Å²) in [6.07, 6.45) is -0.268. The molecule has 3 nitrogen and oxygen atoms in total. The molecule has 0 spiro atoms. The van der Waals surface area contributed by atoms with E-state index in [1.165, 1.54) is 0 Å². The average Bonchev–Trinajstić information content (AvgIpc) is 2.38. The number of hydrogen-bond acceptors (Lipinski definition) is 3. The van der Waals surface area contributed by atoms with Gasteiger partial charge < -0.3 is 9.47 Å². The summed E-state index contributed by atoms with van der Waals surface area (Å²) in [5, 5.41) is 0. The zero-order valence-corrected chi connectivity index (χ0v) is 13.9. The lowest BCUT2D eigenvalue weighted by Gasteiger charge is -2.37. The van der Waals surface area contributed by atoms with Crippen molar-refractivity contribution < 1.29 is 14.3 Å². The molecule has 116 valence electrons. The van der Waals surface area contributed by atoms with Crippen molar-refractivity contribution in [2.24, 2.45) is 0 Å². The molecule has 0 aliphatic heterocycles. The lowest BCUT2D eigenvalue weighted by atomic mass is 9.96. The zero-order chi connectivity index (χ0) is 16.3. The highest BCUT2D eigenvalue weighted by atomic mass is 16.6. The average molecular weight is 290 g/mol. The van der Waals surface area contributed by atoms with Gasteiger partial charge in [0.2, 0.25) is 0 Å². The van der Waals surface area contributed by atoms with E-state index in [2.05, 4.69) is 6.58 Å². The van der Waals surface area contributed by atoms with E-state index in [1.54, 1.807) is 6.92 Å². The van der Waals surface area contributed by atoms with Crippen molar-refractivity contribution in [3.8, 4) is 0 Å². The van der Waals surface area contributed by atoms with Crippen LogP contribution in [-0.4, -0.2) is 17.7 Å². The smallest absolute Gasteiger partial charge is 0.333 e. The number of carbonyl (C=O) groups excluding carboxylic acids is 1. The van der Waals surface area contributed by atoms with E-state index in [9.17, 15) is 4.79 Å². The summed E-state index contributed by atoms with van der Waals surface area (Å²) in [5.41, 5.74) is 0.270. The fourth-order valence-corrected chi connectivity index (χ4v) is 1.90. The number of hydrogen-bond donors (Lipinski definition) is 0. The highest BCUT2D eigenvalue weighted by Gasteiger charge is 2.35. The van der Waals surface area contributed by atoms with Crippen LogP contribution in [0, 0.1) is 0 Å². The van der Waals surface area contributed by atoms with Crippen molar-refractivity contribution >= 4 is 5.97 Å². The largest absolute Gasteiger partial charge is 0.454 e. The molecule has 0 aliphatic rings. The minimum Gasteiger partial charge on any atom is -0.454 e. The van der Waals surface area contributed by atoms with Crippen molar-refractivity contribution in [3.63, 3.8) is 0 Å². The Morgan fingerprint density at radius 2 is 1.67 bits per heavy atom. The molecule has 1 aromatic carbocycles. The molecule has 21 heavy (non-hydrogen) atoms. The van der Waals surface area contributed by atoms with Crippen molar-refractivity contribution in [3.05, 3.63) is 48.0 Å². The normalized spacial score (nSPS) is 13.6. The second-order valence-electron chi connectivity index (χ2n) is 6.41. The van der Waals surface area contributed by atoms with Crippen molar-refractivity contribution in [2.45, 2.75) is 58.8 Å². The summed E-state index contributed by atoms with van der Waals surface area (Å²) in [6, 6.07) is 10.00. The van der Waals surface area contributed by atoms with Crippen LogP contribution in [0.2, 0.25) is 0 Å². The lowest BCUT2D eigenvalue weighted by molar-refractivity contribution is -0.183. The van der Waals surface area contributed by atoms with E-state index in [1.807, 2.05) is 65.0 Å². The Hall–Kier alpha value is -1.61. The Morgan fingerprint density at radius 1 is 1.14 bits per heavy atom. The summed E-state index contributed by atoms with van der Waals surface area (Å²) >= 11 is 0. The summed E-state index contributed by atoms with van der Waals surface area (Å²) in [6.45, 7) is 14.9. The highest BCUT2D eigenvalue weighted by Crippen LogP contribution is 2.30. The minimum atomic E-state index is -0.734. The van der Waals surface area contributed by atoms with E-state index in [4.69, 9.17) is 9.47 Å². The summed E-state index contributed by atoms with van der Waals surface area (Å²) in [5.74, 6) is -0.395. The first-order chi connectivity index (χ1) is 9.56. The third-order valence-electron chi connectivity index (χ3n) is 3.62. The Bertz CT molecular complexity index is 500. The number of carbonyl (C=O) groups is 1. The maximum absolute atomic E-state index is 11.7. The molecular weight excluding hydrogens is 264 g/mol. The van der Waals surface area contributed by atoms with Gasteiger partial charge in [0.1, 0.15) is 5.60 Å². The number of benzene rings is 1. The molecule has 0 amide bonds. The molecule has 0 fully saturated rings. The molecule has 1 atom stereocenters. The Labute approximate surface area is 128 Å². The van der Waals surface area contributed by atoms with Crippen molar-refractivity contribution in [1.29, 1.82) is 0 Å². The lowest BCUT2D eigenvalue weighted by Crippen LogP contribution is -2.44. The SMILES string of the molecule is C=C(C)C(=O)OC(C)(C)C(C)OC(C)(C)c1ccccc1. The maximum atomic E-state index is 11.7. The van der Waals surface area contributed by atoms with Crippen LogP contribution in [0.25, 0.3) is 0 Å². The third kappa shape index (κ3) is 4.71. The van der Waals surface area contributed by atoms with Gasteiger partial charge in [0, 0.05) is 5.57 Å². The maximum Gasteiger partial charge on any atom is 0.333 e. The van der Waals surface area contributed by atoms with Gasteiger partial charge in [-0.05, 0) is 47.1 Å². The van der Waals surface area contributed by atoms with Crippen LogP contribution in [-0.2, 0) is 19.9 Å². The molecule has 0 N–H and O–H groups in total. The van der Waals surface area contributed by atoms with Crippen LogP contribution in [0.4, 0.5) is 0 Å². The molecule has 0 saturated heterocycles. The molecular formula is C18H26O3. The number of ether oxygens (including phenoxy) is 2. The molecule has 1 rings (SSSR count). The first kappa shape index (κ1) is 17.4. The van der Waals surface area contributed by atoms with Gasteiger partial charge in [-0.25, -0.2) is 4.79 Å². The quantitative estimate of drug-likeness (QED) is 0.581. The predicted molar refractivity (Wildman–Crippen MR) is 85.0 cm³/mol. The van der Waals surface area contributed by atoms with Crippen LogP contribution in [0.3, 0.4) is 0 Å². The molecule has 0 aliphatic carbocycles. The topological polar surface area (TPSA) is 35.5 Å². The van der Waals surface area contributed by atoms with Crippen LogP contribution in [0.15, 0.2) is 42.5 Å². The summed E-state index contributed by atoms with van der Waals surface area (Å²) in [4.78, 5) is 11.7. The monoisotopic (exact) mass is 290 g/mol. The summed E-state index contributed by atoms with van der Waals surface area (Å²) < 4.78 is 11.6. The van der Waals surface area contributed by atoms with Gasteiger partial charge in [0.05, 0.1) is 11.7 Å². The van der Waals surface area contributed by atoms with Crippen LogP contribution in [0.5, 0.6) is 0 Å². The highest BCUT2D eigenvalue weighted by molar-refractivity contribution is 5.87. The van der Waals surface area contributed by atoms with Gasteiger partial charge in [-0.3, -0.25) is 0 Å². The fraction of sp³-hybridized carbons (Fsp3) is 0.500. The van der Waals surface area contributed by atoms with Gasteiger partial charge in [-0.2, -0.15) is 0 Å². The minimum absolute atomic E-state index is 0.268. The van der Waals surface area contributed by atoms with E-state index in [-0.39, 0.29) is 6.10 Å². The van der Waals surface area contributed by atoms with E-state index in [0.717, 1.165) is 5.56 Å². The Balaban J connectivity index is 2.81. The van der Waals surface area contributed by atoms with E-state index in [0.29, 0.717) is 5.57 Å². The van der Waals surface area contributed by atoms with Crippen molar-refractivity contribution in [1.82, 2.24) is 0 Å². The zero-order valence-electron chi connectivity index (χ0n) is 13.9. The predicted octanol–water partition coefficient (Wildman–Crippen LogP) is 4.22.